The van der Waals surface area contributed by atoms with Crippen molar-refractivity contribution >= 4 is 17.2 Å². The lowest BCUT2D eigenvalue weighted by Gasteiger charge is -2.15. The molecule has 1 aliphatic carbocycles. The average Bonchev–Trinajstić information content (AvgIpc) is 3.38. The summed E-state index contributed by atoms with van der Waals surface area (Å²) in [6.07, 6.45) is 4.79. The zero-order chi connectivity index (χ0) is 18.6. The van der Waals surface area contributed by atoms with E-state index in [1.165, 1.54) is 18.3 Å². The van der Waals surface area contributed by atoms with Crippen molar-refractivity contribution in [2.75, 3.05) is 5.73 Å². The standard InChI is InChI=1S/C20H17FN2O3/c1-10-15(12-6-13(21)8-14(22)7-12)4-5-23-9-16(20(25)26)19(24)17(18(10)23)11-2-3-11/h4-9,11H,2-3,22H2,1H3,(H,25,26). The van der Waals surface area contributed by atoms with Gasteiger partial charge in [-0.3, -0.25) is 4.79 Å². The van der Waals surface area contributed by atoms with Gasteiger partial charge >= 0.3 is 5.97 Å². The number of pyridine rings is 2. The molecule has 6 heteroatoms. The van der Waals surface area contributed by atoms with E-state index in [1.54, 1.807) is 22.7 Å². The lowest BCUT2D eigenvalue weighted by molar-refractivity contribution is 0.0695. The van der Waals surface area contributed by atoms with Crippen molar-refractivity contribution < 1.29 is 14.3 Å². The van der Waals surface area contributed by atoms with Crippen LogP contribution in [-0.4, -0.2) is 15.5 Å². The fourth-order valence-electron chi connectivity index (χ4n) is 3.56. The smallest absolute Gasteiger partial charge is 0.341 e. The second kappa shape index (κ2) is 5.69. The summed E-state index contributed by atoms with van der Waals surface area (Å²) in [7, 11) is 0. The topological polar surface area (TPSA) is 84.8 Å². The van der Waals surface area contributed by atoms with Crippen molar-refractivity contribution in [2.24, 2.45) is 0 Å². The van der Waals surface area contributed by atoms with Crippen LogP contribution in [0.25, 0.3) is 16.6 Å². The predicted octanol–water partition coefficient (Wildman–Crippen LogP) is 3.57. The molecule has 0 unspecified atom stereocenters. The normalized spacial score (nSPS) is 13.9. The quantitative estimate of drug-likeness (QED) is 0.706. The third-order valence-electron chi connectivity index (χ3n) is 4.88. The third kappa shape index (κ3) is 2.54. The van der Waals surface area contributed by atoms with E-state index in [-0.39, 0.29) is 11.5 Å². The number of aromatic nitrogens is 1. The summed E-state index contributed by atoms with van der Waals surface area (Å²) < 4.78 is 15.5. The van der Waals surface area contributed by atoms with Gasteiger partial charge in [0.25, 0.3) is 0 Å². The van der Waals surface area contributed by atoms with Crippen LogP contribution in [0.1, 0.15) is 40.2 Å². The second-order valence-electron chi connectivity index (χ2n) is 6.75. The minimum atomic E-state index is -1.23. The summed E-state index contributed by atoms with van der Waals surface area (Å²) in [6, 6.07) is 6.11. The SMILES string of the molecule is Cc1c(-c2cc(N)cc(F)c2)ccn2cc(C(=O)O)c(=O)c(C3CC3)c12. The van der Waals surface area contributed by atoms with Gasteiger partial charge in [0.1, 0.15) is 11.4 Å². The first-order valence-electron chi connectivity index (χ1n) is 8.35. The Morgan fingerprint density at radius 3 is 2.65 bits per heavy atom. The predicted molar refractivity (Wildman–Crippen MR) is 97.1 cm³/mol. The Morgan fingerprint density at radius 1 is 1.31 bits per heavy atom. The maximum absolute atomic E-state index is 13.8. The number of nitrogens with two attached hydrogens (primary N) is 1. The Morgan fingerprint density at radius 2 is 2.04 bits per heavy atom. The molecule has 0 radical (unpaired) electrons. The summed E-state index contributed by atoms with van der Waals surface area (Å²) in [6.45, 7) is 1.86. The highest BCUT2D eigenvalue weighted by atomic mass is 19.1. The maximum atomic E-state index is 13.8. The highest BCUT2D eigenvalue weighted by Gasteiger charge is 2.31. The van der Waals surface area contributed by atoms with Gasteiger partial charge in [-0.05, 0) is 66.6 Å². The molecule has 5 nitrogen and oxygen atoms in total. The molecule has 0 saturated heterocycles. The van der Waals surface area contributed by atoms with Gasteiger partial charge < -0.3 is 15.2 Å². The average molecular weight is 352 g/mol. The van der Waals surface area contributed by atoms with E-state index in [1.807, 2.05) is 6.92 Å². The fraction of sp³-hybridized carbons (Fsp3) is 0.200. The molecule has 0 atom stereocenters. The van der Waals surface area contributed by atoms with Crippen molar-refractivity contribution in [1.29, 1.82) is 0 Å². The number of halogens is 1. The van der Waals surface area contributed by atoms with Gasteiger partial charge in [0.2, 0.25) is 0 Å². The number of nitrogens with zero attached hydrogens (tertiary/aromatic N) is 1. The molecule has 2 aromatic heterocycles. The van der Waals surface area contributed by atoms with Crippen molar-refractivity contribution in [2.45, 2.75) is 25.7 Å². The van der Waals surface area contributed by atoms with Crippen molar-refractivity contribution in [3.63, 3.8) is 0 Å². The van der Waals surface area contributed by atoms with Gasteiger partial charge in [0.15, 0.2) is 5.43 Å². The number of aromatic carboxylic acids is 1. The van der Waals surface area contributed by atoms with Gasteiger partial charge in [0, 0.05) is 23.6 Å². The van der Waals surface area contributed by atoms with E-state index in [9.17, 15) is 19.1 Å². The number of carbonyl (C=O) groups is 1. The van der Waals surface area contributed by atoms with Crippen molar-refractivity contribution in [3.05, 3.63) is 69.4 Å². The van der Waals surface area contributed by atoms with E-state index in [0.717, 1.165) is 24.0 Å². The van der Waals surface area contributed by atoms with Gasteiger partial charge in [-0.15, -0.1) is 0 Å². The minimum Gasteiger partial charge on any atom is -0.477 e. The number of hydrogen-bond acceptors (Lipinski definition) is 3. The number of carboxylic acid groups (broad SMARTS) is 1. The Labute approximate surface area is 148 Å². The number of benzene rings is 1. The largest absolute Gasteiger partial charge is 0.477 e. The molecule has 1 saturated carbocycles. The number of fused-ring (bicyclic) bond motifs is 1. The van der Waals surface area contributed by atoms with E-state index in [4.69, 9.17) is 5.73 Å². The van der Waals surface area contributed by atoms with Gasteiger partial charge in [-0.25, -0.2) is 9.18 Å². The molecule has 1 aromatic carbocycles. The number of aryl methyl sites for hydroxylation is 1. The van der Waals surface area contributed by atoms with Crippen LogP contribution in [0.15, 0.2) is 41.5 Å². The molecule has 4 rings (SSSR count). The molecule has 0 aliphatic heterocycles. The van der Waals surface area contributed by atoms with Crippen molar-refractivity contribution in [3.8, 4) is 11.1 Å². The van der Waals surface area contributed by atoms with Crippen molar-refractivity contribution in [1.82, 2.24) is 4.40 Å². The first-order valence-corrected chi connectivity index (χ1v) is 8.35. The van der Waals surface area contributed by atoms with Gasteiger partial charge in [-0.2, -0.15) is 0 Å². The Hall–Kier alpha value is -3.15. The summed E-state index contributed by atoms with van der Waals surface area (Å²) >= 11 is 0. The van der Waals surface area contributed by atoms with Crippen LogP contribution in [-0.2, 0) is 0 Å². The minimum absolute atomic E-state index is 0.0725. The molecule has 0 amide bonds. The molecule has 1 fully saturated rings. The Balaban J connectivity index is 2.07. The molecule has 3 N–H and O–H groups in total. The fourth-order valence-corrected chi connectivity index (χ4v) is 3.56. The number of carboxylic acids is 1. The summed E-state index contributed by atoms with van der Waals surface area (Å²) in [5.74, 6) is -1.59. The second-order valence-corrected chi connectivity index (χ2v) is 6.75. The summed E-state index contributed by atoms with van der Waals surface area (Å²) in [5, 5.41) is 9.35. The van der Waals surface area contributed by atoms with Crippen LogP contribution in [0.4, 0.5) is 10.1 Å². The molecule has 26 heavy (non-hydrogen) atoms. The lowest BCUT2D eigenvalue weighted by Crippen LogP contribution is -2.21. The summed E-state index contributed by atoms with van der Waals surface area (Å²) in [4.78, 5) is 24.2. The number of rotatable bonds is 3. The molecule has 0 spiro atoms. The molecule has 0 bridgehead atoms. The first-order chi connectivity index (χ1) is 12.4. The zero-order valence-corrected chi connectivity index (χ0v) is 14.1. The zero-order valence-electron chi connectivity index (χ0n) is 14.1. The number of hydrogen-bond donors (Lipinski definition) is 2. The van der Waals surface area contributed by atoms with E-state index >= 15 is 0 Å². The molecular weight excluding hydrogens is 335 g/mol. The van der Waals surface area contributed by atoms with Crippen LogP contribution in [0, 0.1) is 12.7 Å². The van der Waals surface area contributed by atoms with E-state index in [0.29, 0.717) is 22.3 Å². The molecular formula is C20H17FN2O3. The van der Waals surface area contributed by atoms with Crippen LogP contribution in [0.5, 0.6) is 0 Å². The Kier molecular flexibility index (Phi) is 3.57. The number of anilines is 1. The molecule has 1 aliphatic rings. The maximum Gasteiger partial charge on any atom is 0.341 e. The van der Waals surface area contributed by atoms with E-state index < -0.39 is 17.2 Å². The van der Waals surface area contributed by atoms with Crippen LogP contribution < -0.4 is 11.2 Å². The Bertz CT molecular complexity index is 1110. The highest BCUT2D eigenvalue weighted by molar-refractivity contribution is 5.89. The monoisotopic (exact) mass is 352 g/mol. The van der Waals surface area contributed by atoms with Gasteiger partial charge in [0.05, 0.1) is 5.52 Å². The molecule has 2 heterocycles. The highest BCUT2D eigenvalue weighted by Crippen LogP contribution is 2.42. The van der Waals surface area contributed by atoms with Crippen LogP contribution in [0.2, 0.25) is 0 Å². The van der Waals surface area contributed by atoms with Crippen LogP contribution in [0.3, 0.4) is 0 Å². The van der Waals surface area contributed by atoms with Crippen LogP contribution >= 0.6 is 0 Å². The molecule has 3 aromatic rings. The van der Waals surface area contributed by atoms with Gasteiger partial charge in [-0.1, -0.05) is 0 Å². The third-order valence-corrected chi connectivity index (χ3v) is 4.88. The first kappa shape index (κ1) is 16.3. The lowest BCUT2D eigenvalue weighted by atomic mass is 9.96. The summed E-state index contributed by atoms with van der Waals surface area (Å²) in [5.41, 5.74) is 8.84. The molecule has 132 valence electrons. The van der Waals surface area contributed by atoms with E-state index in [2.05, 4.69) is 0 Å². The number of nitrogen functional groups attached to an aromatic ring is 1.